The number of hydrogen-bond donors (Lipinski definition) is 2. The number of carbonyl (C=O) groups excluding carboxylic acids is 3. The topological polar surface area (TPSA) is 91.0 Å². The van der Waals surface area contributed by atoms with Gasteiger partial charge in [-0.2, -0.15) is 0 Å². The molecule has 1 aromatic carbocycles. The molecule has 0 aromatic heterocycles. The molecule has 0 radical (unpaired) electrons. The number of nitrogens with one attached hydrogen (secondary N) is 2. The van der Waals surface area contributed by atoms with Crippen LogP contribution in [0.3, 0.4) is 0 Å². The summed E-state index contributed by atoms with van der Waals surface area (Å²) in [6.07, 6.45) is 0.390. The van der Waals surface area contributed by atoms with Crippen LogP contribution in [-0.4, -0.2) is 60.6 Å². The molecule has 8 nitrogen and oxygen atoms in total. The van der Waals surface area contributed by atoms with Crippen LogP contribution in [0.1, 0.15) is 12.0 Å². The van der Waals surface area contributed by atoms with Crippen molar-refractivity contribution in [3.05, 3.63) is 28.8 Å². The zero-order valence-electron chi connectivity index (χ0n) is 14.0. The normalized spacial score (nSPS) is 22.7. The number of ether oxygens (including phenoxy) is 1. The third-order valence-electron chi connectivity index (χ3n) is 4.53. The standard InChI is InChI=1S/C16H19ClN4O4/c1-20-13(22)16(19-15(20)24)5-6-21(9-16)14(23)18-12-4-3-11(17)7-10(12)8-25-2/h3-4,7H,5-6,8-9H2,1-2H3,(H,18,23)(H,19,24). The summed E-state index contributed by atoms with van der Waals surface area (Å²) in [5.41, 5.74) is 0.330. The highest BCUT2D eigenvalue weighted by atomic mass is 35.5. The number of benzene rings is 1. The molecule has 1 unspecified atom stereocenters. The predicted octanol–water partition coefficient (Wildman–Crippen LogP) is 1.64. The van der Waals surface area contributed by atoms with Crippen LogP contribution < -0.4 is 10.6 Å². The van der Waals surface area contributed by atoms with Gasteiger partial charge in [-0.1, -0.05) is 11.6 Å². The zero-order chi connectivity index (χ0) is 18.2. The fourth-order valence-corrected chi connectivity index (χ4v) is 3.36. The highest BCUT2D eigenvalue weighted by Gasteiger charge is 2.54. The van der Waals surface area contributed by atoms with Crippen molar-refractivity contribution < 1.29 is 19.1 Å². The van der Waals surface area contributed by atoms with Crippen LogP contribution in [-0.2, 0) is 16.1 Å². The maximum absolute atomic E-state index is 12.6. The summed E-state index contributed by atoms with van der Waals surface area (Å²) >= 11 is 5.98. The van der Waals surface area contributed by atoms with Gasteiger partial charge in [0.05, 0.1) is 13.2 Å². The number of carbonyl (C=O) groups is 3. The summed E-state index contributed by atoms with van der Waals surface area (Å²) in [6, 6.07) is 4.33. The van der Waals surface area contributed by atoms with Crippen molar-refractivity contribution >= 4 is 35.3 Å². The number of halogens is 1. The van der Waals surface area contributed by atoms with E-state index in [0.29, 0.717) is 30.3 Å². The van der Waals surface area contributed by atoms with E-state index < -0.39 is 11.6 Å². The number of likely N-dealkylation sites (N-methyl/N-ethyl adjacent to an activating group) is 1. The van der Waals surface area contributed by atoms with Gasteiger partial charge >= 0.3 is 12.1 Å². The summed E-state index contributed by atoms with van der Waals surface area (Å²) in [6.45, 7) is 0.819. The van der Waals surface area contributed by atoms with Gasteiger partial charge in [0.1, 0.15) is 5.54 Å². The van der Waals surface area contributed by atoms with Crippen LogP contribution >= 0.6 is 11.6 Å². The Labute approximate surface area is 150 Å². The average molecular weight is 367 g/mol. The van der Waals surface area contributed by atoms with Crippen molar-refractivity contribution in [1.29, 1.82) is 0 Å². The molecule has 2 fully saturated rings. The Kier molecular flexibility index (Phi) is 4.57. The number of likely N-dealkylation sites (tertiary alicyclic amines) is 1. The maximum Gasteiger partial charge on any atom is 0.324 e. The molecule has 5 amide bonds. The number of amides is 5. The number of imide groups is 1. The van der Waals surface area contributed by atoms with E-state index in [1.54, 1.807) is 25.3 Å². The van der Waals surface area contributed by atoms with Gasteiger partial charge in [0.25, 0.3) is 5.91 Å². The molecule has 1 aromatic rings. The molecule has 134 valence electrons. The van der Waals surface area contributed by atoms with Gasteiger partial charge in [-0.3, -0.25) is 9.69 Å². The maximum atomic E-state index is 12.6. The van der Waals surface area contributed by atoms with Crippen molar-refractivity contribution in [2.75, 3.05) is 32.6 Å². The first kappa shape index (κ1) is 17.5. The quantitative estimate of drug-likeness (QED) is 0.796. The first-order valence-electron chi connectivity index (χ1n) is 7.80. The van der Waals surface area contributed by atoms with Crippen molar-refractivity contribution in [1.82, 2.24) is 15.1 Å². The number of anilines is 1. The lowest BCUT2D eigenvalue weighted by Gasteiger charge is -2.22. The minimum Gasteiger partial charge on any atom is -0.380 e. The van der Waals surface area contributed by atoms with Gasteiger partial charge in [0.15, 0.2) is 0 Å². The second-order valence-corrected chi connectivity index (χ2v) is 6.65. The van der Waals surface area contributed by atoms with Gasteiger partial charge < -0.3 is 20.3 Å². The smallest absolute Gasteiger partial charge is 0.324 e. The Balaban J connectivity index is 1.72. The van der Waals surface area contributed by atoms with E-state index in [0.717, 1.165) is 10.5 Å². The van der Waals surface area contributed by atoms with E-state index in [-0.39, 0.29) is 18.5 Å². The molecular weight excluding hydrogens is 348 g/mol. The summed E-state index contributed by atoms with van der Waals surface area (Å²) in [7, 11) is 2.99. The molecule has 1 atom stereocenters. The lowest BCUT2D eigenvalue weighted by atomic mass is 9.99. The minimum atomic E-state index is -1.02. The molecule has 2 saturated heterocycles. The molecule has 1 spiro atoms. The van der Waals surface area contributed by atoms with Crippen LogP contribution in [0, 0.1) is 0 Å². The number of nitrogens with zero attached hydrogens (tertiary/aromatic N) is 2. The first-order valence-corrected chi connectivity index (χ1v) is 8.18. The molecule has 9 heteroatoms. The van der Waals surface area contributed by atoms with Gasteiger partial charge in [0, 0.05) is 37.0 Å². The van der Waals surface area contributed by atoms with Gasteiger partial charge in [-0.05, 0) is 24.6 Å². The first-order chi connectivity index (χ1) is 11.9. The summed E-state index contributed by atoms with van der Waals surface area (Å²) in [5, 5.41) is 6.06. The van der Waals surface area contributed by atoms with Crippen molar-refractivity contribution in [3.8, 4) is 0 Å². The Hall–Kier alpha value is -2.32. The molecule has 2 heterocycles. The van der Waals surface area contributed by atoms with Crippen LogP contribution in [0.5, 0.6) is 0 Å². The van der Waals surface area contributed by atoms with E-state index in [4.69, 9.17) is 16.3 Å². The summed E-state index contributed by atoms with van der Waals surface area (Å²) in [5.74, 6) is -0.306. The Morgan fingerprint density at radius 1 is 1.44 bits per heavy atom. The van der Waals surface area contributed by atoms with Gasteiger partial charge in [-0.15, -0.1) is 0 Å². The average Bonchev–Trinajstić information content (AvgIpc) is 3.09. The van der Waals surface area contributed by atoms with E-state index in [9.17, 15) is 14.4 Å². The summed E-state index contributed by atoms with van der Waals surface area (Å²) in [4.78, 5) is 39.1. The van der Waals surface area contributed by atoms with Crippen LogP contribution in [0.25, 0.3) is 0 Å². The van der Waals surface area contributed by atoms with Crippen LogP contribution in [0.2, 0.25) is 5.02 Å². The Morgan fingerprint density at radius 2 is 2.20 bits per heavy atom. The number of hydrogen-bond acceptors (Lipinski definition) is 4. The fourth-order valence-electron chi connectivity index (χ4n) is 3.17. The second-order valence-electron chi connectivity index (χ2n) is 6.21. The molecule has 0 aliphatic carbocycles. The highest BCUT2D eigenvalue weighted by Crippen LogP contribution is 2.29. The fraction of sp³-hybridized carbons (Fsp3) is 0.438. The van der Waals surface area contributed by atoms with Crippen molar-refractivity contribution in [2.45, 2.75) is 18.6 Å². The number of urea groups is 2. The lowest BCUT2D eigenvalue weighted by molar-refractivity contribution is -0.129. The van der Waals surface area contributed by atoms with E-state index in [1.807, 2.05) is 0 Å². The molecule has 0 saturated carbocycles. The molecule has 0 bridgehead atoms. The SMILES string of the molecule is COCc1cc(Cl)ccc1NC(=O)N1CCC2(C1)NC(=O)N(C)C2=O. The van der Waals surface area contributed by atoms with Gasteiger partial charge in [-0.25, -0.2) is 9.59 Å². The lowest BCUT2D eigenvalue weighted by Crippen LogP contribution is -2.50. The molecule has 25 heavy (non-hydrogen) atoms. The van der Waals surface area contributed by atoms with Crippen molar-refractivity contribution in [3.63, 3.8) is 0 Å². The third-order valence-corrected chi connectivity index (χ3v) is 4.77. The minimum absolute atomic E-state index is 0.140. The monoisotopic (exact) mass is 366 g/mol. The molecule has 3 rings (SSSR count). The Morgan fingerprint density at radius 3 is 2.84 bits per heavy atom. The molecule has 2 N–H and O–H groups in total. The summed E-state index contributed by atoms with van der Waals surface area (Å²) < 4.78 is 5.12. The van der Waals surface area contributed by atoms with Gasteiger partial charge in [0.2, 0.25) is 0 Å². The van der Waals surface area contributed by atoms with Crippen LogP contribution in [0.15, 0.2) is 18.2 Å². The predicted molar refractivity (Wildman–Crippen MR) is 91.4 cm³/mol. The molecular formula is C16H19ClN4O4. The highest BCUT2D eigenvalue weighted by molar-refractivity contribution is 6.30. The third kappa shape index (κ3) is 3.14. The Bertz CT molecular complexity index is 741. The molecule has 2 aliphatic heterocycles. The number of methoxy groups -OCH3 is 1. The molecule has 2 aliphatic rings. The largest absolute Gasteiger partial charge is 0.380 e. The number of rotatable bonds is 3. The zero-order valence-corrected chi connectivity index (χ0v) is 14.7. The van der Waals surface area contributed by atoms with E-state index >= 15 is 0 Å². The second kappa shape index (κ2) is 6.53. The van der Waals surface area contributed by atoms with E-state index in [1.165, 1.54) is 11.9 Å². The van der Waals surface area contributed by atoms with Crippen LogP contribution in [0.4, 0.5) is 15.3 Å². The van der Waals surface area contributed by atoms with E-state index in [2.05, 4.69) is 10.6 Å². The van der Waals surface area contributed by atoms with Crippen molar-refractivity contribution in [2.24, 2.45) is 0 Å².